The van der Waals surface area contributed by atoms with Crippen LogP contribution in [0, 0.1) is 12.7 Å². The number of Topliss-reactive ketones (excluding diaryl/α,β-unsaturated/α-hetero) is 1. The SMILES string of the molecule is CCOc1ccc(/C(O)=C2\C(=O)C(=O)N(Cc3ccc(F)cc3)C2c2c(C)[nH]c3ccccc23)cc1. The van der Waals surface area contributed by atoms with Gasteiger partial charge in [0, 0.05) is 34.3 Å². The summed E-state index contributed by atoms with van der Waals surface area (Å²) in [5.74, 6) is -1.50. The molecule has 2 N–H and O–H groups in total. The van der Waals surface area contributed by atoms with Gasteiger partial charge >= 0.3 is 0 Å². The summed E-state index contributed by atoms with van der Waals surface area (Å²) >= 11 is 0. The number of aromatic nitrogens is 1. The number of carbonyl (C=O) groups is 2. The normalized spacial score (nSPS) is 17.2. The first-order valence-corrected chi connectivity index (χ1v) is 11.7. The lowest BCUT2D eigenvalue weighted by Gasteiger charge is -2.26. The number of hydrogen-bond donors (Lipinski definition) is 2. The van der Waals surface area contributed by atoms with Gasteiger partial charge in [0.2, 0.25) is 0 Å². The molecule has 2 heterocycles. The number of nitrogens with zero attached hydrogens (tertiary/aromatic N) is 1. The number of para-hydroxylation sites is 1. The van der Waals surface area contributed by atoms with E-state index in [2.05, 4.69) is 4.98 Å². The lowest BCUT2D eigenvalue weighted by Crippen LogP contribution is -2.29. The topological polar surface area (TPSA) is 82.6 Å². The lowest BCUT2D eigenvalue weighted by atomic mass is 9.93. The average molecular weight is 485 g/mol. The third-order valence-corrected chi connectivity index (χ3v) is 6.46. The summed E-state index contributed by atoms with van der Waals surface area (Å²) in [5.41, 5.74) is 3.46. The molecule has 4 aromatic rings. The first kappa shape index (κ1) is 23.4. The standard InChI is InChI=1S/C29H25FN2O4/c1-3-36-21-14-10-19(11-15-21)27(33)25-26(24-17(2)31-23-7-5-4-6-22(23)24)32(29(35)28(25)34)16-18-8-12-20(30)13-9-18/h4-15,26,31,33H,3,16H2,1-2H3/b27-25+. The number of halogens is 1. The quantitative estimate of drug-likeness (QED) is 0.211. The molecule has 36 heavy (non-hydrogen) atoms. The molecule has 0 bridgehead atoms. The molecular formula is C29H25FN2O4. The Bertz CT molecular complexity index is 1490. The first-order chi connectivity index (χ1) is 17.4. The highest BCUT2D eigenvalue weighted by molar-refractivity contribution is 6.46. The maximum Gasteiger partial charge on any atom is 0.295 e. The molecule has 3 aromatic carbocycles. The van der Waals surface area contributed by atoms with Crippen molar-refractivity contribution in [3.05, 3.63) is 107 Å². The number of likely N-dealkylation sites (tertiary alicyclic amines) is 1. The number of fused-ring (bicyclic) bond motifs is 1. The number of aromatic amines is 1. The van der Waals surface area contributed by atoms with Gasteiger partial charge < -0.3 is 19.7 Å². The third-order valence-electron chi connectivity index (χ3n) is 6.46. The molecule has 1 saturated heterocycles. The van der Waals surface area contributed by atoms with Crippen molar-refractivity contribution < 1.29 is 23.8 Å². The monoisotopic (exact) mass is 484 g/mol. The lowest BCUT2D eigenvalue weighted by molar-refractivity contribution is -0.140. The van der Waals surface area contributed by atoms with Crippen molar-refractivity contribution >= 4 is 28.4 Å². The van der Waals surface area contributed by atoms with Gasteiger partial charge in [0.25, 0.3) is 11.7 Å². The van der Waals surface area contributed by atoms with E-state index >= 15 is 0 Å². The number of benzene rings is 3. The predicted molar refractivity (Wildman–Crippen MR) is 135 cm³/mol. The van der Waals surface area contributed by atoms with Gasteiger partial charge in [-0.15, -0.1) is 0 Å². The minimum atomic E-state index is -0.835. The van der Waals surface area contributed by atoms with E-state index in [1.54, 1.807) is 36.4 Å². The Morgan fingerprint density at radius 3 is 2.42 bits per heavy atom. The summed E-state index contributed by atoms with van der Waals surface area (Å²) < 4.78 is 19.0. The Labute approximate surface area is 207 Å². The number of ketones is 1. The number of nitrogens with one attached hydrogen (secondary N) is 1. The Kier molecular flexibility index (Phi) is 6.06. The average Bonchev–Trinajstić information content (AvgIpc) is 3.33. The van der Waals surface area contributed by atoms with Gasteiger partial charge in [0.05, 0.1) is 18.2 Å². The van der Waals surface area contributed by atoms with E-state index in [0.29, 0.717) is 23.5 Å². The van der Waals surface area contributed by atoms with E-state index in [1.165, 1.54) is 17.0 Å². The number of aliphatic hydroxyl groups is 1. The number of carbonyl (C=O) groups excluding carboxylic acids is 2. The molecule has 7 heteroatoms. The summed E-state index contributed by atoms with van der Waals surface area (Å²) in [6.07, 6.45) is 0. The number of ether oxygens (including phenoxy) is 1. The van der Waals surface area contributed by atoms with E-state index in [0.717, 1.165) is 22.2 Å². The van der Waals surface area contributed by atoms with Crippen LogP contribution in [-0.4, -0.2) is 33.3 Å². The fourth-order valence-corrected chi connectivity index (χ4v) is 4.81. The van der Waals surface area contributed by atoms with Crippen molar-refractivity contribution in [1.82, 2.24) is 9.88 Å². The summed E-state index contributed by atoms with van der Waals surface area (Å²) in [6.45, 7) is 4.33. The fourth-order valence-electron chi connectivity index (χ4n) is 4.81. The third kappa shape index (κ3) is 4.02. The van der Waals surface area contributed by atoms with Crippen LogP contribution in [0.3, 0.4) is 0 Å². The largest absolute Gasteiger partial charge is 0.507 e. The maximum absolute atomic E-state index is 13.5. The highest BCUT2D eigenvalue weighted by Gasteiger charge is 2.47. The molecule has 5 rings (SSSR count). The molecule has 1 aromatic heterocycles. The maximum atomic E-state index is 13.5. The molecule has 1 aliphatic rings. The summed E-state index contributed by atoms with van der Waals surface area (Å²) in [4.78, 5) is 31.5. The van der Waals surface area contributed by atoms with E-state index in [1.807, 2.05) is 38.1 Å². The molecule has 0 radical (unpaired) electrons. The minimum absolute atomic E-state index is 0.0131. The van der Waals surface area contributed by atoms with Crippen LogP contribution in [-0.2, 0) is 16.1 Å². The van der Waals surface area contributed by atoms with E-state index < -0.39 is 17.7 Å². The predicted octanol–water partition coefficient (Wildman–Crippen LogP) is 5.64. The van der Waals surface area contributed by atoms with Gasteiger partial charge in [0.15, 0.2) is 0 Å². The number of aliphatic hydroxyl groups excluding tert-OH is 1. The number of aryl methyl sites for hydroxylation is 1. The minimum Gasteiger partial charge on any atom is -0.507 e. The van der Waals surface area contributed by atoms with Gasteiger partial charge in [-0.25, -0.2) is 4.39 Å². The second kappa shape index (κ2) is 9.34. The van der Waals surface area contributed by atoms with Crippen molar-refractivity contribution in [2.45, 2.75) is 26.4 Å². The van der Waals surface area contributed by atoms with E-state index in [-0.39, 0.29) is 23.7 Å². The van der Waals surface area contributed by atoms with Crippen molar-refractivity contribution in [1.29, 1.82) is 0 Å². The summed E-state index contributed by atoms with van der Waals surface area (Å²) in [7, 11) is 0. The molecule has 182 valence electrons. The van der Waals surface area contributed by atoms with Gasteiger partial charge in [-0.05, 0) is 61.9 Å². The van der Waals surface area contributed by atoms with Gasteiger partial charge in [0.1, 0.15) is 17.3 Å². The van der Waals surface area contributed by atoms with Crippen molar-refractivity contribution in [3.63, 3.8) is 0 Å². The van der Waals surface area contributed by atoms with Crippen LogP contribution in [0.4, 0.5) is 4.39 Å². The van der Waals surface area contributed by atoms with Gasteiger partial charge in [-0.1, -0.05) is 30.3 Å². The van der Waals surface area contributed by atoms with Crippen LogP contribution < -0.4 is 4.74 Å². The molecule has 1 amide bonds. The molecule has 0 aliphatic carbocycles. The summed E-state index contributed by atoms with van der Waals surface area (Å²) in [6, 6.07) is 19.3. The van der Waals surface area contributed by atoms with Crippen LogP contribution in [0.5, 0.6) is 5.75 Å². The summed E-state index contributed by atoms with van der Waals surface area (Å²) in [5, 5.41) is 12.2. The van der Waals surface area contributed by atoms with Crippen LogP contribution >= 0.6 is 0 Å². The molecule has 6 nitrogen and oxygen atoms in total. The molecule has 0 spiro atoms. The molecule has 1 unspecified atom stereocenters. The number of hydrogen-bond acceptors (Lipinski definition) is 4. The van der Waals surface area contributed by atoms with Crippen molar-refractivity contribution in [2.75, 3.05) is 6.61 Å². The zero-order chi connectivity index (χ0) is 25.4. The van der Waals surface area contributed by atoms with E-state index in [4.69, 9.17) is 4.74 Å². The van der Waals surface area contributed by atoms with Gasteiger partial charge in [-0.2, -0.15) is 0 Å². The Balaban J connectivity index is 1.69. The second-order valence-corrected chi connectivity index (χ2v) is 8.72. The molecule has 1 atom stereocenters. The highest BCUT2D eigenvalue weighted by atomic mass is 19.1. The van der Waals surface area contributed by atoms with Crippen molar-refractivity contribution in [3.8, 4) is 5.75 Å². The number of rotatable bonds is 6. The smallest absolute Gasteiger partial charge is 0.295 e. The Hall–Kier alpha value is -4.39. The number of amides is 1. The first-order valence-electron chi connectivity index (χ1n) is 11.7. The fraction of sp³-hybridized carbons (Fsp3) is 0.172. The molecular weight excluding hydrogens is 459 g/mol. The van der Waals surface area contributed by atoms with Crippen LogP contribution in [0.2, 0.25) is 0 Å². The van der Waals surface area contributed by atoms with Crippen LogP contribution in [0.25, 0.3) is 16.7 Å². The van der Waals surface area contributed by atoms with Gasteiger partial charge in [-0.3, -0.25) is 9.59 Å². The van der Waals surface area contributed by atoms with Crippen LogP contribution in [0.15, 0.2) is 78.4 Å². The molecule has 0 saturated carbocycles. The highest BCUT2D eigenvalue weighted by Crippen LogP contribution is 2.44. The Morgan fingerprint density at radius 1 is 1.03 bits per heavy atom. The zero-order valence-electron chi connectivity index (χ0n) is 19.9. The molecule has 1 fully saturated rings. The molecule has 1 aliphatic heterocycles. The van der Waals surface area contributed by atoms with Crippen LogP contribution in [0.1, 0.15) is 35.3 Å². The van der Waals surface area contributed by atoms with E-state index in [9.17, 15) is 19.1 Å². The number of H-pyrrole nitrogens is 1. The second-order valence-electron chi connectivity index (χ2n) is 8.72. The Morgan fingerprint density at radius 2 is 1.72 bits per heavy atom. The zero-order valence-corrected chi connectivity index (χ0v) is 19.9. The van der Waals surface area contributed by atoms with Crippen molar-refractivity contribution in [2.24, 2.45) is 0 Å².